The summed E-state index contributed by atoms with van der Waals surface area (Å²) in [5.41, 5.74) is 7.32. The number of ether oxygens (including phenoxy) is 1. The number of aliphatic hydroxyl groups is 1. The quantitative estimate of drug-likeness (QED) is 0.854. The second-order valence-electron chi connectivity index (χ2n) is 6.02. The van der Waals surface area contributed by atoms with Crippen molar-refractivity contribution in [1.82, 2.24) is 9.55 Å². The summed E-state index contributed by atoms with van der Waals surface area (Å²) in [6, 6.07) is 9.99. The van der Waals surface area contributed by atoms with Gasteiger partial charge in [-0.05, 0) is 18.4 Å². The third-order valence-corrected chi connectivity index (χ3v) is 4.23. The second kappa shape index (κ2) is 7.02. The van der Waals surface area contributed by atoms with E-state index in [4.69, 9.17) is 10.5 Å². The van der Waals surface area contributed by atoms with Gasteiger partial charge in [0.1, 0.15) is 6.23 Å². The van der Waals surface area contributed by atoms with E-state index in [-0.39, 0.29) is 18.5 Å². The lowest BCUT2D eigenvalue weighted by atomic mass is 10.2. The summed E-state index contributed by atoms with van der Waals surface area (Å²) in [6.07, 6.45) is 2.43. The van der Waals surface area contributed by atoms with E-state index in [9.17, 15) is 9.90 Å². The average Bonchev–Trinajstić information content (AvgIpc) is 3.04. The number of hydrogen-bond donors (Lipinski definition) is 2. The minimum atomic E-state index is -0.437. The lowest BCUT2D eigenvalue weighted by Crippen LogP contribution is -2.30. The summed E-state index contributed by atoms with van der Waals surface area (Å²) in [5, 5.41) is 9.19. The lowest BCUT2D eigenvalue weighted by Gasteiger charge is -2.23. The van der Waals surface area contributed by atoms with Gasteiger partial charge in [-0.1, -0.05) is 30.3 Å². The van der Waals surface area contributed by atoms with Gasteiger partial charge in [-0.15, -0.1) is 0 Å². The molecule has 1 aliphatic rings. The van der Waals surface area contributed by atoms with Gasteiger partial charge in [0.05, 0.1) is 18.4 Å². The zero-order chi connectivity index (χ0) is 17.1. The molecule has 2 heterocycles. The largest absolute Gasteiger partial charge is 0.394 e. The fourth-order valence-corrected chi connectivity index (χ4v) is 2.94. The van der Waals surface area contributed by atoms with Crippen LogP contribution in [-0.2, 0) is 11.3 Å². The Morgan fingerprint density at radius 2 is 2.12 bits per heavy atom. The number of aromatic nitrogens is 2. The summed E-state index contributed by atoms with van der Waals surface area (Å²) < 4.78 is 7.15. The molecule has 1 aromatic carbocycles. The Balaban J connectivity index is 1.85. The first-order chi connectivity index (χ1) is 11.6. The molecule has 3 rings (SSSR count). The highest BCUT2D eigenvalue weighted by molar-refractivity contribution is 5.61. The summed E-state index contributed by atoms with van der Waals surface area (Å²) in [6.45, 7) is 0.601. The third-order valence-electron chi connectivity index (χ3n) is 4.23. The Kier molecular flexibility index (Phi) is 4.82. The Labute approximate surface area is 140 Å². The first-order valence-electron chi connectivity index (χ1n) is 7.98. The van der Waals surface area contributed by atoms with E-state index in [1.165, 1.54) is 4.57 Å². The SMILES string of the molecule is CN(Cc1ccccc1)c1cn([C@H]2CC[C@@H](CO)O2)c(=O)nc1N. The van der Waals surface area contributed by atoms with Crippen molar-refractivity contribution in [2.45, 2.75) is 31.7 Å². The van der Waals surface area contributed by atoms with Gasteiger partial charge in [-0.2, -0.15) is 4.98 Å². The van der Waals surface area contributed by atoms with Crippen LogP contribution in [0.3, 0.4) is 0 Å². The van der Waals surface area contributed by atoms with Crippen molar-refractivity contribution in [2.75, 3.05) is 24.3 Å². The molecule has 0 spiro atoms. The molecule has 3 N–H and O–H groups in total. The van der Waals surface area contributed by atoms with E-state index in [1.807, 2.05) is 42.3 Å². The number of nitrogens with zero attached hydrogens (tertiary/aromatic N) is 3. The van der Waals surface area contributed by atoms with Crippen LogP contribution < -0.4 is 16.3 Å². The predicted octanol–water partition coefficient (Wildman–Crippen LogP) is 1.13. The number of nitrogen functional groups attached to an aromatic ring is 1. The Hall–Kier alpha value is -2.38. The molecule has 0 saturated carbocycles. The molecule has 128 valence electrons. The minimum absolute atomic E-state index is 0.0472. The van der Waals surface area contributed by atoms with Crippen molar-refractivity contribution < 1.29 is 9.84 Å². The lowest BCUT2D eigenvalue weighted by molar-refractivity contribution is -0.0244. The maximum atomic E-state index is 12.2. The van der Waals surface area contributed by atoms with Gasteiger partial charge in [0.25, 0.3) is 0 Å². The van der Waals surface area contributed by atoms with Crippen molar-refractivity contribution in [1.29, 1.82) is 0 Å². The average molecular weight is 330 g/mol. The summed E-state index contributed by atoms with van der Waals surface area (Å²) >= 11 is 0. The number of rotatable bonds is 5. The van der Waals surface area contributed by atoms with Crippen molar-refractivity contribution >= 4 is 11.5 Å². The highest BCUT2D eigenvalue weighted by atomic mass is 16.5. The Morgan fingerprint density at radius 3 is 2.79 bits per heavy atom. The first-order valence-corrected chi connectivity index (χ1v) is 7.98. The predicted molar refractivity (Wildman–Crippen MR) is 91.7 cm³/mol. The molecule has 0 aliphatic carbocycles. The third kappa shape index (κ3) is 3.42. The summed E-state index contributed by atoms with van der Waals surface area (Å²) in [7, 11) is 1.90. The maximum absolute atomic E-state index is 12.2. The smallest absolute Gasteiger partial charge is 0.351 e. The molecular weight excluding hydrogens is 308 g/mol. The van der Waals surface area contributed by atoms with E-state index in [0.29, 0.717) is 25.1 Å². The Morgan fingerprint density at radius 1 is 1.38 bits per heavy atom. The molecule has 0 radical (unpaired) electrons. The van der Waals surface area contributed by atoms with Crippen LogP contribution in [0.15, 0.2) is 41.3 Å². The van der Waals surface area contributed by atoms with E-state index >= 15 is 0 Å². The van der Waals surface area contributed by atoms with Gasteiger partial charge in [0.2, 0.25) is 0 Å². The molecule has 0 amide bonds. The molecule has 24 heavy (non-hydrogen) atoms. The first kappa shape index (κ1) is 16.5. The number of aliphatic hydroxyl groups excluding tert-OH is 1. The molecule has 0 bridgehead atoms. The molecule has 1 aliphatic heterocycles. The van der Waals surface area contributed by atoms with Crippen LogP contribution in [0, 0.1) is 0 Å². The fraction of sp³-hybridized carbons (Fsp3) is 0.412. The van der Waals surface area contributed by atoms with Crippen LogP contribution in [0.25, 0.3) is 0 Å². The highest BCUT2D eigenvalue weighted by Gasteiger charge is 2.27. The zero-order valence-electron chi connectivity index (χ0n) is 13.6. The minimum Gasteiger partial charge on any atom is -0.394 e. The molecule has 2 aromatic rings. The topological polar surface area (TPSA) is 93.6 Å². The van der Waals surface area contributed by atoms with E-state index in [2.05, 4.69) is 4.98 Å². The Bertz CT molecular complexity index is 747. The highest BCUT2D eigenvalue weighted by Crippen LogP contribution is 2.29. The number of hydrogen-bond acceptors (Lipinski definition) is 6. The molecule has 1 fully saturated rings. The monoisotopic (exact) mass is 330 g/mol. The van der Waals surface area contributed by atoms with Gasteiger partial charge >= 0.3 is 5.69 Å². The molecule has 7 heteroatoms. The molecular formula is C17H22N4O3. The zero-order valence-corrected chi connectivity index (χ0v) is 13.6. The van der Waals surface area contributed by atoms with E-state index in [0.717, 1.165) is 5.56 Å². The second-order valence-corrected chi connectivity index (χ2v) is 6.02. The van der Waals surface area contributed by atoms with Crippen molar-refractivity contribution in [3.8, 4) is 0 Å². The van der Waals surface area contributed by atoms with E-state index < -0.39 is 11.9 Å². The summed E-state index contributed by atoms with van der Waals surface area (Å²) in [5.74, 6) is 0.200. The van der Waals surface area contributed by atoms with Gasteiger partial charge in [0.15, 0.2) is 5.82 Å². The number of anilines is 2. The molecule has 1 aromatic heterocycles. The van der Waals surface area contributed by atoms with Crippen LogP contribution in [0.5, 0.6) is 0 Å². The number of nitrogens with two attached hydrogens (primary N) is 1. The maximum Gasteiger partial charge on any atom is 0.351 e. The molecule has 0 unspecified atom stereocenters. The van der Waals surface area contributed by atoms with Crippen molar-refractivity contribution in [2.24, 2.45) is 0 Å². The van der Waals surface area contributed by atoms with Crippen molar-refractivity contribution in [3.63, 3.8) is 0 Å². The van der Waals surface area contributed by atoms with Crippen LogP contribution in [0.2, 0.25) is 0 Å². The van der Waals surface area contributed by atoms with Crippen molar-refractivity contribution in [3.05, 3.63) is 52.6 Å². The van der Waals surface area contributed by atoms with Gasteiger partial charge < -0.3 is 20.5 Å². The molecule has 7 nitrogen and oxygen atoms in total. The van der Waals surface area contributed by atoms with Crippen LogP contribution >= 0.6 is 0 Å². The van der Waals surface area contributed by atoms with Crippen LogP contribution in [0.1, 0.15) is 24.6 Å². The van der Waals surface area contributed by atoms with Crippen LogP contribution in [-0.4, -0.2) is 34.4 Å². The fourth-order valence-electron chi connectivity index (χ4n) is 2.94. The summed E-state index contributed by atoms with van der Waals surface area (Å²) in [4.78, 5) is 18.0. The number of benzene rings is 1. The van der Waals surface area contributed by atoms with E-state index in [1.54, 1.807) is 6.20 Å². The molecule has 1 saturated heterocycles. The normalized spacial score (nSPS) is 20.2. The molecule has 2 atom stereocenters. The standard InChI is InChI=1S/C17H22N4O3/c1-20(9-12-5-3-2-4-6-12)14-10-21(17(23)19-16(14)18)15-8-7-13(11-22)24-15/h2-6,10,13,15,22H,7-9,11H2,1H3,(H2,18,19,23)/t13-,15+/m0/s1. The van der Waals surface area contributed by atoms with Gasteiger partial charge in [-0.3, -0.25) is 4.57 Å². The van der Waals surface area contributed by atoms with Gasteiger partial charge in [0, 0.05) is 19.8 Å². The van der Waals surface area contributed by atoms with Crippen LogP contribution in [0.4, 0.5) is 11.5 Å². The van der Waals surface area contributed by atoms with Gasteiger partial charge in [-0.25, -0.2) is 4.79 Å².